The first-order chi connectivity index (χ1) is 14.1. The molecule has 0 unspecified atom stereocenters. The Balaban J connectivity index is 1.39. The normalized spacial score (nSPS) is 13.4. The van der Waals surface area contributed by atoms with E-state index in [2.05, 4.69) is 37.6 Å². The zero-order valence-electron chi connectivity index (χ0n) is 16.8. The van der Waals surface area contributed by atoms with Crippen LogP contribution in [-0.2, 0) is 0 Å². The topological polar surface area (TPSA) is 70.2 Å². The van der Waals surface area contributed by atoms with Crippen LogP contribution in [0.3, 0.4) is 0 Å². The first kappa shape index (κ1) is 18.9. The third-order valence-electron chi connectivity index (χ3n) is 5.35. The fourth-order valence-electron chi connectivity index (χ4n) is 3.46. The molecular formula is C23H25N5O. The lowest BCUT2D eigenvalue weighted by Crippen LogP contribution is -2.17. The van der Waals surface area contributed by atoms with Gasteiger partial charge in [-0.25, -0.2) is 9.97 Å². The fraction of sp³-hybridized carbons (Fsp3) is 0.261. The van der Waals surface area contributed by atoms with Crippen LogP contribution in [0.15, 0.2) is 54.9 Å². The summed E-state index contributed by atoms with van der Waals surface area (Å²) in [5.41, 5.74) is 5.43. The van der Waals surface area contributed by atoms with E-state index < -0.39 is 0 Å². The second-order valence-corrected chi connectivity index (χ2v) is 7.35. The molecule has 148 valence electrons. The molecule has 1 amide bonds. The first-order valence-electron chi connectivity index (χ1n) is 9.92. The quantitative estimate of drug-likeness (QED) is 0.665. The number of nitrogens with one attached hydrogen (secondary N) is 2. The van der Waals surface area contributed by atoms with E-state index in [0.717, 1.165) is 35.6 Å². The predicted molar refractivity (Wildman–Crippen MR) is 117 cm³/mol. The molecule has 0 spiro atoms. The number of aromatic nitrogens is 2. The van der Waals surface area contributed by atoms with E-state index >= 15 is 0 Å². The maximum Gasteiger partial charge on any atom is 0.275 e. The number of amides is 1. The molecule has 6 nitrogen and oxygen atoms in total. The van der Waals surface area contributed by atoms with Crippen LogP contribution in [-0.4, -0.2) is 29.0 Å². The minimum Gasteiger partial charge on any atom is -0.372 e. The Morgan fingerprint density at radius 2 is 1.72 bits per heavy atom. The zero-order chi connectivity index (χ0) is 20.2. The number of rotatable bonds is 5. The maximum atomic E-state index is 12.5. The predicted octanol–water partition coefficient (Wildman–Crippen LogP) is 4.69. The Morgan fingerprint density at radius 3 is 2.41 bits per heavy atom. The molecule has 2 heterocycles. The van der Waals surface area contributed by atoms with E-state index in [-0.39, 0.29) is 11.6 Å². The van der Waals surface area contributed by atoms with E-state index in [9.17, 15) is 4.79 Å². The van der Waals surface area contributed by atoms with Gasteiger partial charge in [-0.15, -0.1) is 0 Å². The summed E-state index contributed by atoms with van der Waals surface area (Å²) >= 11 is 0. The Hall–Kier alpha value is -3.41. The molecule has 0 saturated carbocycles. The van der Waals surface area contributed by atoms with Crippen molar-refractivity contribution in [3.63, 3.8) is 0 Å². The highest BCUT2D eigenvalue weighted by Gasteiger charge is 2.13. The molecule has 6 heteroatoms. The van der Waals surface area contributed by atoms with Crippen LogP contribution in [0.4, 0.5) is 22.9 Å². The van der Waals surface area contributed by atoms with Crippen molar-refractivity contribution in [3.8, 4) is 0 Å². The Morgan fingerprint density at radius 1 is 0.966 bits per heavy atom. The van der Waals surface area contributed by atoms with E-state index in [1.165, 1.54) is 24.7 Å². The van der Waals surface area contributed by atoms with E-state index in [4.69, 9.17) is 0 Å². The van der Waals surface area contributed by atoms with Crippen molar-refractivity contribution in [2.45, 2.75) is 26.7 Å². The van der Waals surface area contributed by atoms with Crippen LogP contribution in [0.1, 0.15) is 34.5 Å². The molecular weight excluding hydrogens is 362 g/mol. The van der Waals surface area contributed by atoms with E-state index in [1.807, 2.05) is 44.2 Å². The van der Waals surface area contributed by atoms with Gasteiger partial charge in [-0.2, -0.15) is 0 Å². The van der Waals surface area contributed by atoms with Gasteiger partial charge in [-0.05, 0) is 68.1 Å². The molecule has 2 N–H and O–H groups in total. The van der Waals surface area contributed by atoms with E-state index in [0.29, 0.717) is 5.82 Å². The highest BCUT2D eigenvalue weighted by atomic mass is 16.1. The van der Waals surface area contributed by atoms with Crippen molar-refractivity contribution in [2.24, 2.45) is 0 Å². The summed E-state index contributed by atoms with van der Waals surface area (Å²) in [6.45, 7) is 6.26. The van der Waals surface area contributed by atoms with Crippen LogP contribution >= 0.6 is 0 Å². The molecule has 3 aromatic rings. The number of nitrogens with zero attached hydrogens (tertiary/aromatic N) is 3. The number of anilines is 4. The minimum atomic E-state index is -0.271. The van der Waals surface area contributed by atoms with Gasteiger partial charge in [0.2, 0.25) is 0 Å². The summed E-state index contributed by atoms with van der Waals surface area (Å²) in [7, 11) is 0. The lowest BCUT2D eigenvalue weighted by atomic mass is 10.1. The molecule has 0 aliphatic carbocycles. The smallest absolute Gasteiger partial charge is 0.275 e. The van der Waals surface area contributed by atoms with Crippen molar-refractivity contribution in [1.29, 1.82) is 0 Å². The highest BCUT2D eigenvalue weighted by molar-refractivity contribution is 6.03. The molecule has 1 aliphatic rings. The van der Waals surface area contributed by atoms with Crippen molar-refractivity contribution < 1.29 is 4.79 Å². The van der Waals surface area contributed by atoms with Gasteiger partial charge in [-0.1, -0.05) is 12.1 Å². The largest absolute Gasteiger partial charge is 0.372 e. The SMILES string of the molecule is Cc1cccc(NC(=O)c2cnc(Nc3ccc(N4CCCC4)cc3)cn2)c1C. The third-order valence-corrected chi connectivity index (χ3v) is 5.35. The summed E-state index contributed by atoms with van der Waals surface area (Å²) in [5.74, 6) is 0.329. The molecule has 2 aromatic carbocycles. The molecule has 1 saturated heterocycles. The molecule has 0 atom stereocenters. The molecule has 1 aromatic heterocycles. The van der Waals surface area contributed by atoms with Gasteiger partial charge < -0.3 is 15.5 Å². The molecule has 29 heavy (non-hydrogen) atoms. The molecule has 1 fully saturated rings. The van der Waals surface area contributed by atoms with Crippen molar-refractivity contribution >= 4 is 28.8 Å². The van der Waals surface area contributed by atoms with Crippen LogP contribution < -0.4 is 15.5 Å². The lowest BCUT2D eigenvalue weighted by Gasteiger charge is -2.17. The summed E-state index contributed by atoms with van der Waals surface area (Å²) < 4.78 is 0. The summed E-state index contributed by atoms with van der Waals surface area (Å²) in [5, 5.41) is 6.13. The molecule has 1 aliphatic heterocycles. The van der Waals surface area contributed by atoms with Crippen molar-refractivity contribution in [2.75, 3.05) is 28.6 Å². The maximum absolute atomic E-state index is 12.5. The van der Waals surface area contributed by atoms with Gasteiger partial charge in [-0.3, -0.25) is 4.79 Å². The number of carbonyl (C=O) groups excluding carboxylic acids is 1. The van der Waals surface area contributed by atoms with Crippen LogP contribution in [0.2, 0.25) is 0 Å². The molecule has 0 radical (unpaired) electrons. The fourth-order valence-corrected chi connectivity index (χ4v) is 3.46. The molecule has 4 rings (SSSR count). The van der Waals surface area contributed by atoms with Gasteiger partial charge in [0.1, 0.15) is 11.5 Å². The monoisotopic (exact) mass is 387 g/mol. The lowest BCUT2D eigenvalue weighted by molar-refractivity contribution is 0.102. The second kappa shape index (κ2) is 8.31. The number of benzene rings is 2. The van der Waals surface area contributed by atoms with Gasteiger partial charge in [0.05, 0.1) is 12.4 Å². The third kappa shape index (κ3) is 4.37. The number of hydrogen-bond acceptors (Lipinski definition) is 5. The van der Waals surface area contributed by atoms with Crippen molar-refractivity contribution in [1.82, 2.24) is 9.97 Å². The number of aryl methyl sites for hydroxylation is 1. The first-order valence-corrected chi connectivity index (χ1v) is 9.92. The second-order valence-electron chi connectivity index (χ2n) is 7.35. The van der Waals surface area contributed by atoms with Crippen LogP contribution in [0.5, 0.6) is 0 Å². The summed E-state index contributed by atoms with van der Waals surface area (Å²) in [6.07, 6.45) is 5.59. The Kier molecular flexibility index (Phi) is 5.42. The average molecular weight is 387 g/mol. The van der Waals surface area contributed by atoms with Gasteiger partial charge in [0.25, 0.3) is 5.91 Å². The minimum absolute atomic E-state index is 0.271. The number of hydrogen-bond donors (Lipinski definition) is 2. The highest BCUT2D eigenvalue weighted by Crippen LogP contribution is 2.23. The average Bonchev–Trinajstić information content (AvgIpc) is 3.27. The van der Waals surface area contributed by atoms with E-state index in [1.54, 1.807) is 6.20 Å². The zero-order valence-corrected chi connectivity index (χ0v) is 16.8. The van der Waals surface area contributed by atoms with Gasteiger partial charge in [0, 0.05) is 30.2 Å². The summed E-state index contributed by atoms with van der Waals surface area (Å²) in [4.78, 5) is 23.5. The number of carbonyl (C=O) groups is 1. The molecule has 0 bridgehead atoms. The Labute approximate surface area is 171 Å². The Bertz CT molecular complexity index is 993. The van der Waals surface area contributed by atoms with Crippen LogP contribution in [0, 0.1) is 13.8 Å². The van der Waals surface area contributed by atoms with Crippen molar-refractivity contribution in [3.05, 3.63) is 71.7 Å². The van der Waals surface area contributed by atoms with Gasteiger partial charge in [0.15, 0.2) is 0 Å². The summed E-state index contributed by atoms with van der Waals surface area (Å²) in [6, 6.07) is 14.1. The standard InChI is InChI=1S/C23H25N5O/c1-16-6-5-7-20(17(16)2)27-23(29)21-14-25-22(15-24-21)26-18-8-10-19(11-9-18)28-12-3-4-13-28/h5-11,14-15H,3-4,12-13H2,1-2H3,(H,25,26)(H,27,29). The van der Waals surface area contributed by atoms with Crippen LogP contribution in [0.25, 0.3) is 0 Å². The van der Waals surface area contributed by atoms with Gasteiger partial charge >= 0.3 is 0 Å².